The fourth-order valence-corrected chi connectivity index (χ4v) is 5.68. The van der Waals surface area contributed by atoms with Crippen molar-refractivity contribution in [2.45, 2.75) is 53.5 Å². The van der Waals surface area contributed by atoms with Crippen molar-refractivity contribution >= 4 is 23.2 Å². The molecule has 11 heteroatoms. The molecule has 10 nitrogen and oxygen atoms in total. The van der Waals surface area contributed by atoms with Gasteiger partial charge in [-0.3, -0.25) is 15.0 Å². The molecule has 0 spiro atoms. The molecule has 0 unspecified atom stereocenters. The van der Waals surface area contributed by atoms with Crippen LogP contribution in [0.2, 0.25) is 0 Å². The molecule has 2 aliphatic rings. The minimum atomic E-state index is -0.645. The second-order valence-corrected chi connectivity index (χ2v) is 11.9. The normalized spacial score (nSPS) is 15.0. The largest absolute Gasteiger partial charge is 0.494 e. The molecule has 0 aromatic heterocycles. The topological polar surface area (TPSA) is 105 Å². The Morgan fingerprint density at radius 3 is 2.23 bits per heavy atom. The van der Waals surface area contributed by atoms with Crippen LogP contribution in [0, 0.1) is 11.2 Å². The maximum Gasteiger partial charge on any atom is 0.248 e. The predicted molar refractivity (Wildman–Crippen MR) is 167 cm³/mol. The van der Waals surface area contributed by atoms with E-state index in [9.17, 15) is 9.59 Å². The third-order valence-corrected chi connectivity index (χ3v) is 7.91. The van der Waals surface area contributed by atoms with Crippen molar-refractivity contribution in [3.05, 3.63) is 46.3 Å². The van der Waals surface area contributed by atoms with E-state index >= 15 is 4.39 Å². The number of nitrogens with one attached hydrogen (secondary N) is 1. The number of hydrogen-bond donors (Lipinski definition) is 1. The van der Waals surface area contributed by atoms with Gasteiger partial charge in [-0.25, -0.2) is 4.39 Å². The van der Waals surface area contributed by atoms with E-state index in [1.54, 1.807) is 29.9 Å². The van der Waals surface area contributed by atoms with Crippen LogP contribution in [-0.4, -0.2) is 93.6 Å². The Balaban J connectivity index is 1.61. The molecule has 1 N–H and O–H groups in total. The van der Waals surface area contributed by atoms with E-state index < -0.39 is 5.82 Å². The molecule has 0 saturated carbocycles. The number of amides is 1. The Morgan fingerprint density at radius 1 is 0.955 bits per heavy atom. The van der Waals surface area contributed by atoms with Gasteiger partial charge in [-0.05, 0) is 49.9 Å². The van der Waals surface area contributed by atoms with Crippen LogP contribution in [0.1, 0.15) is 68.6 Å². The molecule has 0 radical (unpaired) electrons. The van der Waals surface area contributed by atoms with Gasteiger partial charge in [0.05, 0.1) is 38.1 Å². The summed E-state index contributed by atoms with van der Waals surface area (Å²) in [6.07, 6.45) is 0. The Hall–Kier alpha value is -3.86. The molecular formula is C33H45FN4O6. The average molecular weight is 613 g/mol. The molecular weight excluding hydrogens is 567 g/mol. The molecule has 0 bridgehead atoms. The van der Waals surface area contributed by atoms with E-state index in [0.29, 0.717) is 62.0 Å². The lowest BCUT2D eigenvalue weighted by Gasteiger charge is -2.38. The number of ketones is 1. The van der Waals surface area contributed by atoms with Crippen LogP contribution in [0.4, 0.5) is 10.1 Å². The quantitative estimate of drug-likeness (QED) is 0.346. The second-order valence-electron chi connectivity index (χ2n) is 11.9. The number of rotatable bonds is 12. The lowest BCUT2D eigenvalue weighted by atomic mass is 9.84. The maximum atomic E-state index is 15.6. The van der Waals surface area contributed by atoms with Crippen molar-refractivity contribution in [1.29, 1.82) is 5.41 Å². The maximum absolute atomic E-state index is 15.6. The van der Waals surface area contributed by atoms with E-state index in [1.165, 1.54) is 0 Å². The highest BCUT2D eigenvalue weighted by molar-refractivity contribution is 6.06. The average Bonchev–Trinajstić information content (AvgIpc) is 3.31. The molecule has 0 aliphatic carbocycles. The molecule has 240 valence electrons. The van der Waals surface area contributed by atoms with E-state index in [4.69, 9.17) is 24.4 Å². The van der Waals surface area contributed by atoms with Crippen molar-refractivity contribution < 1.29 is 32.9 Å². The van der Waals surface area contributed by atoms with Gasteiger partial charge < -0.3 is 33.6 Å². The summed E-state index contributed by atoms with van der Waals surface area (Å²) in [4.78, 5) is 31.9. The number of anilines is 1. The highest BCUT2D eigenvalue weighted by Crippen LogP contribution is 2.42. The monoisotopic (exact) mass is 612 g/mol. The molecule has 1 saturated heterocycles. The van der Waals surface area contributed by atoms with Crippen molar-refractivity contribution in [3.63, 3.8) is 0 Å². The first-order valence-corrected chi connectivity index (χ1v) is 15.3. The number of carbonyl (C=O) groups excluding carboxylic acids is 2. The highest BCUT2D eigenvalue weighted by atomic mass is 19.1. The van der Waals surface area contributed by atoms with Gasteiger partial charge in [-0.2, -0.15) is 0 Å². The van der Waals surface area contributed by atoms with Gasteiger partial charge in [-0.15, -0.1) is 0 Å². The number of ether oxygens (including phenoxy) is 4. The SMILES string of the molecule is CCOCC(=O)N1CCN(c2cc(C(=O)CN3Cc4cc(OCC)c(OCC)c(F)c4C3=N)cc(C(C)(C)C)c2OC)CC1. The zero-order valence-electron chi connectivity index (χ0n) is 27.0. The minimum Gasteiger partial charge on any atom is -0.494 e. The first-order chi connectivity index (χ1) is 20.9. The Bertz CT molecular complexity index is 1400. The van der Waals surface area contributed by atoms with Gasteiger partial charge in [0.2, 0.25) is 5.91 Å². The van der Waals surface area contributed by atoms with E-state index in [1.807, 2.05) is 26.0 Å². The summed E-state index contributed by atoms with van der Waals surface area (Å²) in [5.74, 6) is 0.0310. The zero-order valence-corrected chi connectivity index (χ0v) is 27.0. The minimum absolute atomic E-state index is 0.0136. The van der Waals surface area contributed by atoms with Crippen molar-refractivity contribution in [2.75, 3.05) is 71.2 Å². The van der Waals surface area contributed by atoms with Crippen LogP contribution in [0.25, 0.3) is 0 Å². The molecule has 2 aromatic carbocycles. The summed E-state index contributed by atoms with van der Waals surface area (Å²) in [5.41, 5.74) is 2.52. The second kappa shape index (κ2) is 13.8. The number of nitrogens with zero attached hydrogens (tertiary/aromatic N) is 3. The van der Waals surface area contributed by atoms with Gasteiger partial charge in [0.1, 0.15) is 18.2 Å². The van der Waals surface area contributed by atoms with Crippen LogP contribution in [-0.2, 0) is 21.5 Å². The molecule has 1 fully saturated rings. The molecule has 44 heavy (non-hydrogen) atoms. The van der Waals surface area contributed by atoms with Gasteiger partial charge in [-0.1, -0.05) is 20.8 Å². The van der Waals surface area contributed by atoms with Crippen LogP contribution >= 0.6 is 0 Å². The molecule has 2 aromatic rings. The summed E-state index contributed by atoms with van der Waals surface area (Å²) in [6, 6.07) is 5.40. The number of Topliss-reactive ketones (excluding diaryl/α,β-unsaturated/α-hetero) is 1. The summed E-state index contributed by atoms with van der Waals surface area (Å²) in [7, 11) is 1.63. The predicted octanol–water partition coefficient (Wildman–Crippen LogP) is 4.64. The number of piperazine rings is 1. The molecule has 2 heterocycles. The summed E-state index contributed by atoms with van der Waals surface area (Å²) in [5, 5.41) is 8.76. The lowest BCUT2D eigenvalue weighted by Crippen LogP contribution is -2.50. The van der Waals surface area contributed by atoms with Crippen molar-refractivity contribution in [2.24, 2.45) is 0 Å². The van der Waals surface area contributed by atoms with Gasteiger partial charge in [0.15, 0.2) is 23.1 Å². The Labute approximate surface area is 259 Å². The van der Waals surface area contributed by atoms with Crippen LogP contribution < -0.4 is 19.1 Å². The highest BCUT2D eigenvalue weighted by Gasteiger charge is 2.34. The fourth-order valence-electron chi connectivity index (χ4n) is 5.68. The smallest absolute Gasteiger partial charge is 0.248 e. The first-order valence-electron chi connectivity index (χ1n) is 15.3. The summed E-state index contributed by atoms with van der Waals surface area (Å²) < 4.78 is 38.0. The number of halogens is 1. The van der Waals surface area contributed by atoms with E-state index in [2.05, 4.69) is 25.7 Å². The van der Waals surface area contributed by atoms with Crippen LogP contribution in [0.3, 0.4) is 0 Å². The van der Waals surface area contributed by atoms with Gasteiger partial charge in [0, 0.05) is 50.5 Å². The number of hydrogen-bond acceptors (Lipinski definition) is 8. The molecule has 4 rings (SSSR count). The fraction of sp³-hybridized carbons (Fsp3) is 0.545. The lowest BCUT2D eigenvalue weighted by molar-refractivity contribution is -0.136. The zero-order chi connectivity index (χ0) is 32.2. The van der Waals surface area contributed by atoms with E-state index in [-0.39, 0.29) is 60.6 Å². The van der Waals surface area contributed by atoms with Gasteiger partial charge >= 0.3 is 0 Å². The summed E-state index contributed by atoms with van der Waals surface area (Å²) in [6.45, 7) is 15.1. The number of benzene rings is 2. The standard InChI is InChI=1S/C33H45FN4O6/c1-8-42-20-27(40)37-13-11-36(12-14-37)24-16-21(15-23(30(24)41-7)33(4,5)6)25(39)19-38-18-22-17-26(43-9-2)31(44-10-3)29(34)28(22)32(38)35/h15-17,35H,8-14,18-20H2,1-7H3. The van der Waals surface area contributed by atoms with Crippen molar-refractivity contribution in [3.8, 4) is 17.2 Å². The third-order valence-electron chi connectivity index (χ3n) is 7.91. The Kier molecular flexibility index (Phi) is 10.4. The van der Waals surface area contributed by atoms with Gasteiger partial charge in [0.25, 0.3) is 0 Å². The number of methoxy groups -OCH3 is 1. The summed E-state index contributed by atoms with van der Waals surface area (Å²) >= 11 is 0. The molecule has 1 amide bonds. The van der Waals surface area contributed by atoms with Crippen molar-refractivity contribution in [1.82, 2.24) is 9.80 Å². The number of carbonyl (C=O) groups is 2. The first kappa shape index (κ1) is 33.0. The molecule has 0 atom stereocenters. The third kappa shape index (κ3) is 6.77. The Morgan fingerprint density at radius 2 is 1.64 bits per heavy atom. The number of fused-ring (bicyclic) bond motifs is 1. The number of amidine groups is 1. The van der Waals surface area contributed by atoms with Crippen LogP contribution in [0.5, 0.6) is 17.2 Å². The molecule has 2 aliphatic heterocycles. The van der Waals surface area contributed by atoms with E-state index in [0.717, 1.165) is 11.3 Å². The van der Waals surface area contributed by atoms with Crippen LogP contribution in [0.15, 0.2) is 18.2 Å².